The second-order valence-corrected chi connectivity index (χ2v) is 4.67. The quantitative estimate of drug-likeness (QED) is 0.794. The summed E-state index contributed by atoms with van der Waals surface area (Å²) in [6, 6.07) is 4.00. The van der Waals surface area contributed by atoms with Gasteiger partial charge in [-0.15, -0.1) is 0 Å². The van der Waals surface area contributed by atoms with Crippen molar-refractivity contribution in [3.05, 3.63) is 18.3 Å². The van der Waals surface area contributed by atoms with Gasteiger partial charge in [0, 0.05) is 38.1 Å². The van der Waals surface area contributed by atoms with Gasteiger partial charge in [-0.05, 0) is 25.8 Å². The lowest BCUT2D eigenvalue weighted by molar-refractivity contribution is 0.0449. The predicted octanol–water partition coefficient (Wildman–Crippen LogP) is 1.47. The zero-order valence-corrected chi connectivity index (χ0v) is 9.90. The van der Waals surface area contributed by atoms with Crippen molar-refractivity contribution in [1.29, 1.82) is 0 Å². The standard InChI is InChI=1S/C12H19N3O/c1-12(16)5-3-7-15(9-12)10-4-6-14-11(8-10)13-2/h4,6,8,16H,3,5,7,9H2,1-2H3,(H,13,14). The number of nitrogens with one attached hydrogen (secondary N) is 1. The lowest BCUT2D eigenvalue weighted by Gasteiger charge is -2.38. The third-order valence-corrected chi connectivity index (χ3v) is 3.04. The van der Waals surface area contributed by atoms with E-state index in [1.165, 1.54) is 0 Å². The van der Waals surface area contributed by atoms with Crippen molar-refractivity contribution in [3.8, 4) is 0 Å². The number of nitrogens with zero attached hydrogens (tertiary/aromatic N) is 2. The van der Waals surface area contributed by atoms with E-state index in [4.69, 9.17) is 0 Å². The summed E-state index contributed by atoms with van der Waals surface area (Å²) in [4.78, 5) is 6.40. The number of rotatable bonds is 2. The Balaban J connectivity index is 2.16. The van der Waals surface area contributed by atoms with Gasteiger partial charge >= 0.3 is 0 Å². The Morgan fingerprint density at radius 2 is 2.38 bits per heavy atom. The number of hydrogen-bond acceptors (Lipinski definition) is 4. The molecule has 1 aliphatic rings. The normalized spacial score (nSPS) is 25.6. The van der Waals surface area contributed by atoms with Gasteiger partial charge in [0.15, 0.2) is 0 Å². The van der Waals surface area contributed by atoms with Crippen molar-refractivity contribution < 1.29 is 5.11 Å². The summed E-state index contributed by atoms with van der Waals surface area (Å²) in [7, 11) is 1.86. The molecule has 1 saturated heterocycles. The highest BCUT2D eigenvalue weighted by molar-refractivity contribution is 5.54. The molecule has 1 aromatic heterocycles. The van der Waals surface area contributed by atoms with Crippen molar-refractivity contribution >= 4 is 11.5 Å². The number of aromatic nitrogens is 1. The average Bonchev–Trinajstić information content (AvgIpc) is 2.28. The van der Waals surface area contributed by atoms with E-state index in [9.17, 15) is 5.11 Å². The second-order valence-electron chi connectivity index (χ2n) is 4.67. The molecule has 1 aromatic rings. The molecule has 4 nitrogen and oxygen atoms in total. The third kappa shape index (κ3) is 2.44. The average molecular weight is 221 g/mol. The van der Waals surface area contributed by atoms with Gasteiger partial charge in [0.05, 0.1) is 5.60 Å². The maximum atomic E-state index is 10.1. The molecule has 0 aromatic carbocycles. The summed E-state index contributed by atoms with van der Waals surface area (Å²) in [5.41, 5.74) is 0.556. The molecular weight excluding hydrogens is 202 g/mol. The van der Waals surface area contributed by atoms with E-state index in [0.29, 0.717) is 6.54 Å². The molecular formula is C12H19N3O. The highest BCUT2D eigenvalue weighted by Crippen LogP contribution is 2.26. The van der Waals surface area contributed by atoms with E-state index in [0.717, 1.165) is 30.9 Å². The molecule has 1 fully saturated rings. The van der Waals surface area contributed by atoms with Crippen LogP contribution in [-0.2, 0) is 0 Å². The van der Waals surface area contributed by atoms with Crippen molar-refractivity contribution in [2.45, 2.75) is 25.4 Å². The van der Waals surface area contributed by atoms with Gasteiger partial charge < -0.3 is 15.3 Å². The Labute approximate surface area is 96.3 Å². The highest BCUT2D eigenvalue weighted by atomic mass is 16.3. The number of hydrogen-bond donors (Lipinski definition) is 2. The Kier molecular flexibility index (Phi) is 3.01. The lowest BCUT2D eigenvalue weighted by Crippen LogP contribution is -2.46. The van der Waals surface area contributed by atoms with Gasteiger partial charge in [0.1, 0.15) is 5.82 Å². The fourth-order valence-electron chi connectivity index (χ4n) is 2.19. The fourth-order valence-corrected chi connectivity index (χ4v) is 2.19. The molecule has 2 N–H and O–H groups in total. The van der Waals surface area contributed by atoms with Gasteiger partial charge in [-0.2, -0.15) is 0 Å². The number of β-amino-alcohol motifs (C(OH)–C–C–N with tert-alkyl or cyclic N) is 1. The predicted molar refractivity (Wildman–Crippen MR) is 65.9 cm³/mol. The van der Waals surface area contributed by atoms with Crippen LogP contribution < -0.4 is 10.2 Å². The van der Waals surface area contributed by atoms with Gasteiger partial charge in [-0.3, -0.25) is 0 Å². The van der Waals surface area contributed by atoms with Crippen molar-refractivity contribution in [3.63, 3.8) is 0 Å². The van der Waals surface area contributed by atoms with Crippen molar-refractivity contribution in [2.75, 3.05) is 30.4 Å². The molecule has 0 radical (unpaired) electrons. The molecule has 2 rings (SSSR count). The number of pyridine rings is 1. The van der Waals surface area contributed by atoms with Gasteiger partial charge in [-0.1, -0.05) is 0 Å². The first-order valence-corrected chi connectivity index (χ1v) is 5.72. The third-order valence-electron chi connectivity index (χ3n) is 3.04. The zero-order valence-electron chi connectivity index (χ0n) is 9.90. The molecule has 0 bridgehead atoms. The molecule has 0 saturated carbocycles. The summed E-state index contributed by atoms with van der Waals surface area (Å²) in [6.07, 6.45) is 3.71. The first-order valence-electron chi connectivity index (χ1n) is 5.72. The van der Waals surface area contributed by atoms with E-state index in [-0.39, 0.29) is 0 Å². The van der Waals surface area contributed by atoms with Crippen LogP contribution in [0.25, 0.3) is 0 Å². The molecule has 1 atom stereocenters. The first-order chi connectivity index (χ1) is 7.61. The molecule has 1 aliphatic heterocycles. The van der Waals surface area contributed by atoms with E-state index < -0.39 is 5.60 Å². The van der Waals surface area contributed by atoms with Crippen LogP contribution in [0.15, 0.2) is 18.3 Å². The summed E-state index contributed by atoms with van der Waals surface area (Å²) >= 11 is 0. The molecule has 2 heterocycles. The van der Waals surface area contributed by atoms with Crippen LogP contribution in [0.5, 0.6) is 0 Å². The van der Waals surface area contributed by atoms with E-state index in [2.05, 4.69) is 15.2 Å². The second kappa shape index (κ2) is 4.29. The summed E-state index contributed by atoms with van der Waals surface area (Å²) in [5, 5.41) is 13.1. The largest absolute Gasteiger partial charge is 0.388 e. The van der Waals surface area contributed by atoms with Crippen LogP contribution in [0.2, 0.25) is 0 Å². The van der Waals surface area contributed by atoms with Gasteiger partial charge in [0.2, 0.25) is 0 Å². The zero-order chi connectivity index (χ0) is 11.6. The Bertz CT molecular complexity index is 365. The SMILES string of the molecule is CNc1cc(N2CCCC(C)(O)C2)ccn1. The summed E-state index contributed by atoms with van der Waals surface area (Å²) in [5.74, 6) is 0.864. The van der Waals surface area contributed by atoms with Crippen LogP contribution in [0.1, 0.15) is 19.8 Å². The fraction of sp³-hybridized carbons (Fsp3) is 0.583. The lowest BCUT2D eigenvalue weighted by atomic mass is 9.95. The summed E-state index contributed by atoms with van der Waals surface area (Å²) in [6.45, 7) is 3.60. The molecule has 88 valence electrons. The first kappa shape index (κ1) is 11.2. The maximum Gasteiger partial charge on any atom is 0.127 e. The maximum absolute atomic E-state index is 10.1. The minimum atomic E-state index is -0.568. The van der Waals surface area contributed by atoms with Gasteiger partial charge in [-0.25, -0.2) is 4.98 Å². The van der Waals surface area contributed by atoms with Crippen LogP contribution >= 0.6 is 0 Å². The van der Waals surface area contributed by atoms with Crippen LogP contribution in [0.3, 0.4) is 0 Å². The molecule has 4 heteroatoms. The molecule has 0 spiro atoms. The molecule has 16 heavy (non-hydrogen) atoms. The molecule has 0 aliphatic carbocycles. The van der Waals surface area contributed by atoms with Gasteiger partial charge in [0.25, 0.3) is 0 Å². The molecule has 0 amide bonds. The number of piperidine rings is 1. The Morgan fingerprint density at radius 3 is 3.06 bits per heavy atom. The van der Waals surface area contributed by atoms with E-state index >= 15 is 0 Å². The number of aliphatic hydroxyl groups is 1. The Morgan fingerprint density at radius 1 is 1.56 bits per heavy atom. The Hall–Kier alpha value is -1.29. The van der Waals surface area contributed by atoms with Crippen molar-refractivity contribution in [1.82, 2.24) is 4.98 Å². The van der Waals surface area contributed by atoms with Crippen LogP contribution in [-0.4, -0.2) is 35.8 Å². The van der Waals surface area contributed by atoms with Crippen LogP contribution in [0.4, 0.5) is 11.5 Å². The molecule has 1 unspecified atom stereocenters. The minimum absolute atomic E-state index is 0.568. The van der Waals surface area contributed by atoms with Crippen molar-refractivity contribution in [2.24, 2.45) is 0 Å². The minimum Gasteiger partial charge on any atom is -0.388 e. The van der Waals surface area contributed by atoms with Crippen LogP contribution in [0, 0.1) is 0 Å². The highest BCUT2D eigenvalue weighted by Gasteiger charge is 2.28. The van der Waals surface area contributed by atoms with E-state index in [1.807, 2.05) is 26.1 Å². The topological polar surface area (TPSA) is 48.4 Å². The van der Waals surface area contributed by atoms with E-state index in [1.54, 1.807) is 6.20 Å². The monoisotopic (exact) mass is 221 g/mol. The summed E-state index contributed by atoms with van der Waals surface area (Å²) < 4.78 is 0. The number of anilines is 2. The smallest absolute Gasteiger partial charge is 0.127 e.